The van der Waals surface area contributed by atoms with E-state index in [1.54, 1.807) is 7.11 Å². The summed E-state index contributed by atoms with van der Waals surface area (Å²) in [6, 6.07) is 17.6. The molecule has 0 bridgehead atoms. The first-order valence-electron chi connectivity index (χ1n) is 7.76. The predicted molar refractivity (Wildman–Crippen MR) is 93.3 cm³/mol. The van der Waals surface area contributed by atoms with Gasteiger partial charge < -0.3 is 9.47 Å². The molecule has 0 aliphatic heterocycles. The van der Waals surface area contributed by atoms with E-state index < -0.39 is 0 Å². The van der Waals surface area contributed by atoms with Crippen LogP contribution in [0.3, 0.4) is 0 Å². The zero-order valence-electron chi connectivity index (χ0n) is 13.6. The monoisotopic (exact) mass is 307 g/mol. The number of hydrogen-bond donors (Lipinski definition) is 0. The highest BCUT2D eigenvalue weighted by Gasteiger charge is 2.06. The van der Waals surface area contributed by atoms with Gasteiger partial charge in [0.1, 0.15) is 0 Å². The minimum absolute atomic E-state index is 0.618. The average Bonchev–Trinajstić information content (AvgIpc) is 2.61. The van der Waals surface area contributed by atoms with Crippen molar-refractivity contribution in [2.45, 2.75) is 19.8 Å². The molecule has 0 radical (unpaired) electrons. The molecule has 23 heavy (non-hydrogen) atoms. The summed E-state index contributed by atoms with van der Waals surface area (Å²) < 4.78 is 11.1. The second-order valence-electron chi connectivity index (χ2n) is 5.15. The van der Waals surface area contributed by atoms with E-state index >= 15 is 0 Å². The Morgan fingerprint density at radius 3 is 2.57 bits per heavy atom. The van der Waals surface area contributed by atoms with Crippen LogP contribution in [0, 0.1) is 11.3 Å². The number of unbranched alkanes of at least 4 members (excludes halogenated alkanes) is 1. The Balaban J connectivity index is 2.26. The van der Waals surface area contributed by atoms with Gasteiger partial charge in [-0.25, -0.2) is 0 Å². The first-order chi connectivity index (χ1) is 11.3. The summed E-state index contributed by atoms with van der Waals surface area (Å²) in [6.07, 6.45) is 3.96. The SMILES string of the molecule is CCCCOc1ccc(/C=C(/C#N)c2ccccc2)cc1OC. The molecule has 2 aromatic rings. The molecular formula is C20H21NO2. The van der Waals surface area contributed by atoms with Gasteiger partial charge in [-0.2, -0.15) is 5.26 Å². The molecule has 2 rings (SSSR count). The average molecular weight is 307 g/mol. The van der Waals surface area contributed by atoms with Crippen molar-refractivity contribution < 1.29 is 9.47 Å². The molecular weight excluding hydrogens is 286 g/mol. The summed E-state index contributed by atoms with van der Waals surface area (Å²) in [5, 5.41) is 9.39. The highest BCUT2D eigenvalue weighted by Crippen LogP contribution is 2.30. The molecule has 0 spiro atoms. The third kappa shape index (κ3) is 4.62. The quantitative estimate of drug-likeness (QED) is 0.413. The van der Waals surface area contributed by atoms with Crippen LogP contribution in [0.25, 0.3) is 11.6 Å². The molecule has 0 unspecified atom stereocenters. The first-order valence-corrected chi connectivity index (χ1v) is 7.76. The Hall–Kier alpha value is -2.73. The van der Waals surface area contributed by atoms with Gasteiger partial charge in [0, 0.05) is 0 Å². The highest BCUT2D eigenvalue weighted by atomic mass is 16.5. The number of hydrogen-bond acceptors (Lipinski definition) is 3. The van der Waals surface area contributed by atoms with E-state index in [4.69, 9.17) is 9.47 Å². The second kappa shape index (κ2) is 8.65. The molecule has 3 heteroatoms. The maximum absolute atomic E-state index is 9.39. The summed E-state index contributed by atoms with van der Waals surface area (Å²) >= 11 is 0. The van der Waals surface area contributed by atoms with E-state index in [2.05, 4.69) is 13.0 Å². The van der Waals surface area contributed by atoms with E-state index in [0.717, 1.165) is 29.7 Å². The number of methoxy groups -OCH3 is 1. The van der Waals surface area contributed by atoms with Crippen LogP contribution in [0.4, 0.5) is 0 Å². The van der Waals surface area contributed by atoms with Gasteiger partial charge in [0.25, 0.3) is 0 Å². The Kier molecular flexibility index (Phi) is 6.26. The number of ether oxygens (including phenoxy) is 2. The molecule has 0 heterocycles. The fourth-order valence-electron chi connectivity index (χ4n) is 2.18. The Morgan fingerprint density at radius 1 is 1.13 bits per heavy atom. The van der Waals surface area contributed by atoms with Crippen molar-refractivity contribution in [2.24, 2.45) is 0 Å². The molecule has 0 atom stereocenters. The molecule has 0 saturated carbocycles. The number of nitrogens with zero attached hydrogens (tertiary/aromatic N) is 1. The maximum Gasteiger partial charge on any atom is 0.161 e. The summed E-state index contributed by atoms with van der Waals surface area (Å²) in [5.41, 5.74) is 2.43. The fourth-order valence-corrected chi connectivity index (χ4v) is 2.18. The van der Waals surface area contributed by atoms with E-state index in [1.165, 1.54) is 0 Å². The van der Waals surface area contributed by atoms with Crippen molar-refractivity contribution in [1.82, 2.24) is 0 Å². The van der Waals surface area contributed by atoms with Gasteiger partial charge in [-0.05, 0) is 35.8 Å². The van der Waals surface area contributed by atoms with E-state index in [9.17, 15) is 5.26 Å². The number of allylic oxidation sites excluding steroid dienone is 1. The van der Waals surface area contributed by atoms with E-state index in [1.807, 2.05) is 54.6 Å². The lowest BCUT2D eigenvalue weighted by molar-refractivity contribution is 0.288. The van der Waals surface area contributed by atoms with Gasteiger partial charge in [-0.15, -0.1) is 0 Å². The van der Waals surface area contributed by atoms with Crippen LogP contribution >= 0.6 is 0 Å². The Morgan fingerprint density at radius 2 is 1.91 bits per heavy atom. The van der Waals surface area contributed by atoms with Crippen LogP contribution < -0.4 is 9.47 Å². The highest BCUT2D eigenvalue weighted by molar-refractivity contribution is 5.89. The molecule has 0 aliphatic rings. The first kappa shape index (κ1) is 16.6. The summed E-state index contributed by atoms with van der Waals surface area (Å²) in [6.45, 7) is 2.80. The molecule has 118 valence electrons. The van der Waals surface area contributed by atoms with Gasteiger partial charge in [0.2, 0.25) is 0 Å². The molecule has 0 amide bonds. The summed E-state index contributed by atoms with van der Waals surface area (Å²) in [4.78, 5) is 0. The number of nitriles is 1. The van der Waals surface area contributed by atoms with Crippen molar-refractivity contribution in [3.05, 3.63) is 59.7 Å². The van der Waals surface area contributed by atoms with Gasteiger partial charge in [0.15, 0.2) is 11.5 Å². The van der Waals surface area contributed by atoms with Crippen LogP contribution in [-0.2, 0) is 0 Å². The lowest BCUT2D eigenvalue weighted by Crippen LogP contribution is -1.99. The van der Waals surface area contributed by atoms with E-state index in [-0.39, 0.29) is 0 Å². The molecule has 0 aliphatic carbocycles. The normalized spacial score (nSPS) is 10.9. The summed E-state index contributed by atoms with van der Waals surface area (Å²) in [5.74, 6) is 1.41. The van der Waals surface area contributed by atoms with Gasteiger partial charge in [-0.3, -0.25) is 0 Å². The van der Waals surface area contributed by atoms with Gasteiger partial charge in [-0.1, -0.05) is 49.7 Å². The van der Waals surface area contributed by atoms with Crippen molar-refractivity contribution in [1.29, 1.82) is 5.26 Å². The number of rotatable bonds is 7. The minimum Gasteiger partial charge on any atom is -0.493 e. The predicted octanol–water partition coefficient (Wildman–Crippen LogP) is 4.94. The fraction of sp³-hybridized carbons (Fsp3) is 0.250. The van der Waals surface area contributed by atoms with Gasteiger partial charge in [0.05, 0.1) is 25.4 Å². The zero-order valence-corrected chi connectivity index (χ0v) is 13.6. The molecule has 0 aromatic heterocycles. The Bertz CT molecular complexity index is 699. The molecule has 0 fully saturated rings. The molecule has 3 nitrogen and oxygen atoms in total. The molecule has 0 saturated heterocycles. The van der Waals surface area contributed by atoms with Crippen LogP contribution in [0.15, 0.2) is 48.5 Å². The van der Waals surface area contributed by atoms with Crippen molar-refractivity contribution in [2.75, 3.05) is 13.7 Å². The minimum atomic E-state index is 0.618. The van der Waals surface area contributed by atoms with Crippen molar-refractivity contribution in [3.8, 4) is 17.6 Å². The van der Waals surface area contributed by atoms with Gasteiger partial charge >= 0.3 is 0 Å². The van der Waals surface area contributed by atoms with Crippen LogP contribution in [0.1, 0.15) is 30.9 Å². The lowest BCUT2D eigenvalue weighted by Gasteiger charge is -2.11. The van der Waals surface area contributed by atoms with Crippen molar-refractivity contribution in [3.63, 3.8) is 0 Å². The van der Waals surface area contributed by atoms with Crippen LogP contribution in [-0.4, -0.2) is 13.7 Å². The Labute approximate surface area is 137 Å². The lowest BCUT2D eigenvalue weighted by atomic mass is 10.0. The third-order valence-electron chi connectivity index (χ3n) is 3.46. The standard InChI is InChI=1S/C20H21NO2/c1-3-4-12-23-19-11-10-16(14-20(19)22-2)13-18(15-21)17-8-6-5-7-9-17/h5-11,13-14H,3-4,12H2,1-2H3/b18-13-. The third-order valence-corrected chi connectivity index (χ3v) is 3.46. The van der Waals surface area contributed by atoms with E-state index in [0.29, 0.717) is 17.9 Å². The van der Waals surface area contributed by atoms with Crippen LogP contribution in [0.5, 0.6) is 11.5 Å². The smallest absolute Gasteiger partial charge is 0.161 e. The maximum atomic E-state index is 9.39. The van der Waals surface area contributed by atoms with Crippen LogP contribution in [0.2, 0.25) is 0 Å². The largest absolute Gasteiger partial charge is 0.493 e. The second-order valence-corrected chi connectivity index (χ2v) is 5.15. The molecule has 0 N–H and O–H groups in total. The summed E-state index contributed by atoms with van der Waals surface area (Å²) in [7, 11) is 1.62. The van der Waals surface area contributed by atoms with Crippen molar-refractivity contribution >= 4 is 11.6 Å². The molecule has 2 aromatic carbocycles. The zero-order chi connectivity index (χ0) is 16.5. The number of benzene rings is 2. The topological polar surface area (TPSA) is 42.2 Å².